The minimum absolute atomic E-state index is 0.0448. The average molecular weight is 494 g/mol. The first kappa shape index (κ1) is 24.5. The standard InChI is InChI=1S/C25H21F3N6O2/c1-17-15-19(34-23(10-13-30-34)36-16-25(26,27)28)7-8-21(17)33-14-11-22(35)24(32-33)20(9-12-29)31-18-5-3-2-4-6-18/h2-15,29,31H,16H2,1H3/b20-9-,29-12?. The van der Waals surface area contributed by atoms with Crippen molar-refractivity contribution >= 4 is 17.6 Å². The van der Waals surface area contributed by atoms with Gasteiger partial charge in [-0.15, -0.1) is 0 Å². The molecule has 2 heterocycles. The lowest BCUT2D eigenvalue weighted by Crippen LogP contribution is -2.20. The van der Waals surface area contributed by atoms with E-state index in [0.29, 0.717) is 17.1 Å². The van der Waals surface area contributed by atoms with Crippen molar-refractivity contribution in [2.24, 2.45) is 0 Å². The van der Waals surface area contributed by atoms with E-state index in [9.17, 15) is 18.0 Å². The number of rotatable bonds is 8. The summed E-state index contributed by atoms with van der Waals surface area (Å²) >= 11 is 0. The Kier molecular flexibility index (Phi) is 7.00. The summed E-state index contributed by atoms with van der Waals surface area (Å²) in [5.41, 5.74) is 2.72. The lowest BCUT2D eigenvalue weighted by molar-refractivity contribution is -0.154. The Balaban J connectivity index is 1.66. The Labute approximate surface area is 203 Å². The molecule has 0 fully saturated rings. The minimum Gasteiger partial charge on any atom is -0.468 e. The maximum absolute atomic E-state index is 12.6. The fraction of sp³-hybridized carbons (Fsp3) is 0.120. The summed E-state index contributed by atoms with van der Waals surface area (Å²) in [6, 6.07) is 17.0. The highest BCUT2D eigenvalue weighted by Crippen LogP contribution is 2.24. The average Bonchev–Trinajstić information content (AvgIpc) is 3.32. The minimum atomic E-state index is -4.47. The molecule has 0 aliphatic carbocycles. The van der Waals surface area contributed by atoms with Crippen LogP contribution in [0.15, 0.2) is 83.9 Å². The maximum atomic E-state index is 12.6. The van der Waals surface area contributed by atoms with Crippen molar-refractivity contribution in [1.29, 1.82) is 5.41 Å². The number of para-hydroxylation sites is 1. The highest BCUT2D eigenvalue weighted by Gasteiger charge is 2.29. The molecule has 8 nitrogen and oxygen atoms in total. The molecule has 0 saturated carbocycles. The number of benzene rings is 2. The molecule has 0 unspecified atom stereocenters. The summed E-state index contributed by atoms with van der Waals surface area (Å²) in [6.45, 7) is 0.372. The van der Waals surface area contributed by atoms with Gasteiger partial charge in [0.15, 0.2) is 12.3 Å². The number of anilines is 1. The van der Waals surface area contributed by atoms with E-state index in [-0.39, 0.29) is 17.0 Å². The maximum Gasteiger partial charge on any atom is 0.422 e. The van der Waals surface area contributed by atoms with E-state index in [4.69, 9.17) is 10.1 Å². The number of nitrogens with one attached hydrogen (secondary N) is 2. The second-order valence-electron chi connectivity index (χ2n) is 7.67. The summed E-state index contributed by atoms with van der Waals surface area (Å²) < 4.78 is 45.4. The fourth-order valence-corrected chi connectivity index (χ4v) is 3.45. The first-order valence-electron chi connectivity index (χ1n) is 10.7. The van der Waals surface area contributed by atoms with Gasteiger partial charge in [-0.25, -0.2) is 9.36 Å². The molecule has 0 spiro atoms. The summed E-state index contributed by atoms with van der Waals surface area (Å²) in [5, 5.41) is 19.1. The Bertz CT molecular complexity index is 1460. The molecule has 2 N–H and O–H groups in total. The molecule has 36 heavy (non-hydrogen) atoms. The van der Waals surface area contributed by atoms with Crippen LogP contribution in [-0.2, 0) is 0 Å². The Morgan fingerprint density at radius 3 is 2.61 bits per heavy atom. The van der Waals surface area contributed by atoms with Gasteiger partial charge in [0.25, 0.3) is 0 Å². The van der Waals surface area contributed by atoms with E-state index >= 15 is 0 Å². The molecule has 184 valence electrons. The lowest BCUT2D eigenvalue weighted by atomic mass is 10.1. The SMILES string of the molecule is Cc1cc(-n2nccc2OCC(F)(F)F)ccc1-n1ccc(=O)c(/C(=C/C=N)Nc2ccccc2)n1. The fourth-order valence-electron chi connectivity index (χ4n) is 3.45. The molecule has 4 aromatic rings. The van der Waals surface area contributed by atoms with Gasteiger partial charge in [-0.1, -0.05) is 18.2 Å². The first-order valence-corrected chi connectivity index (χ1v) is 10.7. The van der Waals surface area contributed by atoms with Crippen molar-refractivity contribution in [3.8, 4) is 17.3 Å². The third-order valence-corrected chi connectivity index (χ3v) is 5.03. The highest BCUT2D eigenvalue weighted by atomic mass is 19.4. The molecule has 0 aliphatic rings. The van der Waals surface area contributed by atoms with E-state index < -0.39 is 12.8 Å². The normalized spacial score (nSPS) is 11.8. The molecular weight excluding hydrogens is 473 g/mol. The van der Waals surface area contributed by atoms with Crippen LogP contribution in [0.5, 0.6) is 5.88 Å². The molecule has 11 heteroatoms. The molecule has 0 aliphatic heterocycles. The van der Waals surface area contributed by atoms with Crippen LogP contribution in [-0.4, -0.2) is 38.6 Å². The summed E-state index contributed by atoms with van der Waals surface area (Å²) in [5.74, 6) is -0.0448. The smallest absolute Gasteiger partial charge is 0.422 e. The van der Waals surface area contributed by atoms with Crippen molar-refractivity contribution < 1.29 is 17.9 Å². The van der Waals surface area contributed by atoms with Crippen molar-refractivity contribution in [2.75, 3.05) is 11.9 Å². The Morgan fingerprint density at radius 2 is 1.92 bits per heavy atom. The highest BCUT2D eigenvalue weighted by molar-refractivity contribution is 5.86. The molecule has 0 radical (unpaired) electrons. The largest absolute Gasteiger partial charge is 0.468 e. The predicted octanol–water partition coefficient (Wildman–Crippen LogP) is 4.77. The number of hydrogen-bond donors (Lipinski definition) is 2. The van der Waals surface area contributed by atoms with Crippen LogP contribution >= 0.6 is 0 Å². The van der Waals surface area contributed by atoms with E-state index in [1.165, 1.54) is 40.0 Å². The van der Waals surface area contributed by atoms with Crippen molar-refractivity contribution in [2.45, 2.75) is 13.1 Å². The van der Waals surface area contributed by atoms with E-state index in [0.717, 1.165) is 17.5 Å². The molecule has 0 amide bonds. The predicted molar refractivity (Wildman–Crippen MR) is 130 cm³/mol. The monoisotopic (exact) mass is 494 g/mol. The summed E-state index contributed by atoms with van der Waals surface area (Å²) in [7, 11) is 0. The zero-order valence-corrected chi connectivity index (χ0v) is 19.0. The van der Waals surface area contributed by atoms with Crippen LogP contribution in [0.2, 0.25) is 0 Å². The first-order chi connectivity index (χ1) is 17.2. The molecule has 0 saturated heterocycles. The number of aryl methyl sites for hydroxylation is 1. The number of ether oxygens (including phenoxy) is 1. The molecule has 2 aromatic carbocycles. The van der Waals surface area contributed by atoms with Gasteiger partial charge in [0.2, 0.25) is 11.3 Å². The van der Waals surface area contributed by atoms with Gasteiger partial charge >= 0.3 is 6.18 Å². The lowest BCUT2D eigenvalue weighted by Gasteiger charge is -2.15. The quantitative estimate of drug-likeness (QED) is 0.344. The Morgan fingerprint density at radius 1 is 1.14 bits per heavy atom. The number of alkyl halides is 3. The van der Waals surface area contributed by atoms with Crippen LogP contribution in [0.1, 0.15) is 11.3 Å². The van der Waals surface area contributed by atoms with Gasteiger partial charge in [-0.3, -0.25) is 4.79 Å². The molecular formula is C25H21F3N6O2. The zero-order valence-electron chi connectivity index (χ0n) is 19.0. The van der Waals surface area contributed by atoms with Gasteiger partial charge in [-0.05, 0) is 48.9 Å². The second-order valence-corrected chi connectivity index (χ2v) is 7.67. The van der Waals surface area contributed by atoms with Gasteiger partial charge in [-0.2, -0.15) is 23.4 Å². The number of halogens is 3. The van der Waals surface area contributed by atoms with Crippen LogP contribution in [0, 0.1) is 12.3 Å². The zero-order chi connectivity index (χ0) is 25.7. The second kappa shape index (κ2) is 10.3. The van der Waals surface area contributed by atoms with E-state index in [1.807, 2.05) is 30.3 Å². The third-order valence-electron chi connectivity index (χ3n) is 5.03. The molecule has 4 rings (SSSR count). The van der Waals surface area contributed by atoms with Crippen LogP contribution < -0.4 is 15.5 Å². The van der Waals surface area contributed by atoms with Gasteiger partial charge in [0.1, 0.15) is 0 Å². The summed E-state index contributed by atoms with van der Waals surface area (Å²) in [4.78, 5) is 12.6. The van der Waals surface area contributed by atoms with Crippen LogP contribution in [0.25, 0.3) is 17.1 Å². The summed E-state index contributed by atoms with van der Waals surface area (Å²) in [6.07, 6.45) is 0.901. The molecule has 2 aromatic heterocycles. The van der Waals surface area contributed by atoms with Crippen LogP contribution in [0.3, 0.4) is 0 Å². The van der Waals surface area contributed by atoms with Gasteiger partial charge < -0.3 is 15.5 Å². The Hall–Kier alpha value is -4.67. The van der Waals surface area contributed by atoms with Crippen molar-refractivity contribution in [3.63, 3.8) is 0 Å². The van der Waals surface area contributed by atoms with Crippen molar-refractivity contribution in [1.82, 2.24) is 19.6 Å². The van der Waals surface area contributed by atoms with Crippen molar-refractivity contribution in [3.05, 3.63) is 101 Å². The van der Waals surface area contributed by atoms with E-state index in [1.54, 1.807) is 25.1 Å². The third kappa shape index (κ3) is 5.69. The topological polar surface area (TPSA) is 97.8 Å². The van der Waals surface area contributed by atoms with Gasteiger partial charge in [0, 0.05) is 30.2 Å². The molecule has 0 bridgehead atoms. The van der Waals surface area contributed by atoms with Gasteiger partial charge in [0.05, 0.1) is 23.3 Å². The number of allylic oxidation sites excluding steroid dienone is 1. The number of nitrogens with zero attached hydrogens (tertiary/aromatic N) is 4. The van der Waals surface area contributed by atoms with E-state index in [2.05, 4.69) is 15.5 Å². The number of hydrogen-bond acceptors (Lipinski definition) is 6. The number of aromatic nitrogens is 4. The molecule has 0 atom stereocenters. The van der Waals surface area contributed by atoms with Crippen LogP contribution in [0.4, 0.5) is 18.9 Å².